The predicted molar refractivity (Wildman–Crippen MR) is 228 cm³/mol. The van der Waals surface area contributed by atoms with E-state index in [0.29, 0.717) is 11.3 Å². The van der Waals surface area contributed by atoms with Gasteiger partial charge in [-0.25, -0.2) is 14.6 Å². The first-order valence-corrected chi connectivity index (χ1v) is 20.7. The van der Waals surface area contributed by atoms with Crippen LogP contribution in [0.25, 0.3) is 0 Å². The highest BCUT2D eigenvalue weighted by molar-refractivity contribution is 7.99. The Morgan fingerprint density at radius 2 is 1.25 bits per heavy atom. The number of nitrogens with one attached hydrogen (secondary N) is 2. The molecule has 7 rings (SSSR count). The molecule has 306 valence electrons. The number of thioether (sulfide) groups is 1. The molecule has 0 radical (unpaired) electrons. The zero-order chi connectivity index (χ0) is 41.9. The van der Waals surface area contributed by atoms with E-state index in [0.717, 1.165) is 22.3 Å². The summed E-state index contributed by atoms with van der Waals surface area (Å²) in [6, 6.07) is 44.6. The van der Waals surface area contributed by atoms with E-state index in [1.807, 2.05) is 132 Å². The number of amides is 3. The molecule has 3 amide bonds. The molecule has 4 N–H and O–H groups in total. The molecule has 1 saturated heterocycles. The maximum Gasteiger partial charge on any atom is 0.408 e. The maximum atomic E-state index is 14.9. The Hall–Kier alpha value is -6.70. The average molecular weight is 824 g/mol. The lowest BCUT2D eigenvalue weighted by molar-refractivity contribution is -0.149. The molecule has 0 saturated carbocycles. The zero-order valence-corrected chi connectivity index (χ0v) is 33.4. The predicted octanol–water partition coefficient (Wildman–Crippen LogP) is 5.64. The summed E-state index contributed by atoms with van der Waals surface area (Å²) in [4.78, 5) is 60.4. The molecular formula is C47H45N5O7S. The number of aliphatic hydroxyl groups excluding tert-OH is 1. The topological polar surface area (TPSA) is 163 Å². The highest BCUT2D eigenvalue weighted by Gasteiger charge is 2.43. The van der Waals surface area contributed by atoms with Crippen molar-refractivity contribution >= 4 is 35.6 Å². The third kappa shape index (κ3) is 9.27. The Balaban J connectivity index is 1.24. The van der Waals surface area contributed by atoms with Gasteiger partial charge in [-0.05, 0) is 34.2 Å². The van der Waals surface area contributed by atoms with Gasteiger partial charge in [0.1, 0.15) is 24.2 Å². The number of imidazole rings is 1. The first-order valence-electron chi connectivity index (χ1n) is 19.5. The molecule has 1 aliphatic heterocycles. The van der Waals surface area contributed by atoms with Crippen molar-refractivity contribution in [2.24, 2.45) is 0 Å². The number of ether oxygens (including phenoxy) is 1. The van der Waals surface area contributed by atoms with Crippen LogP contribution in [0.5, 0.6) is 0 Å². The number of alkyl carbamates (subject to hydrolysis) is 1. The van der Waals surface area contributed by atoms with Crippen LogP contribution in [0.2, 0.25) is 0 Å². The van der Waals surface area contributed by atoms with Crippen LogP contribution in [-0.4, -0.2) is 84.4 Å². The number of aliphatic carboxylic acids is 1. The molecule has 60 heavy (non-hydrogen) atoms. The van der Waals surface area contributed by atoms with Crippen molar-refractivity contribution in [2.75, 3.05) is 11.6 Å². The highest BCUT2D eigenvalue weighted by Crippen LogP contribution is 2.41. The lowest BCUT2D eigenvalue weighted by Gasteiger charge is -2.39. The Morgan fingerprint density at radius 3 is 1.78 bits per heavy atom. The molecule has 0 bridgehead atoms. The summed E-state index contributed by atoms with van der Waals surface area (Å²) in [5.74, 6) is -2.33. The number of nitrogens with zero attached hydrogens (tertiary/aromatic N) is 3. The standard InChI is InChI=1S/C47H45N5O7S/c53-42(45(56)57)39(26-33-16-6-1-7-17-33)49-43(54)41-30-60-32-51(41)44(55)40(50-46(58)59-29-34-18-8-2-9-19-34)27-38-28-48-31-52(38)47(35-20-10-3-11-21-35,36-22-12-4-13-23-36)37-24-14-5-15-25-37/h1-25,28,31,39-42,53H,26-27,29-30,32H2,(H,49,54)(H,50,58)(H,56,57)/t39-,40-,41-,42?/m0/s1. The molecule has 12 nitrogen and oxygen atoms in total. The normalized spacial score (nSPS) is 15.3. The fourth-order valence-electron chi connectivity index (χ4n) is 7.68. The van der Waals surface area contributed by atoms with Crippen LogP contribution in [0.1, 0.15) is 33.5 Å². The maximum absolute atomic E-state index is 14.9. The summed E-state index contributed by atoms with van der Waals surface area (Å²) >= 11 is 1.35. The molecule has 1 fully saturated rings. The molecule has 5 aromatic carbocycles. The minimum atomic E-state index is -1.90. The van der Waals surface area contributed by atoms with Crippen LogP contribution >= 0.6 is 11.8 Å². The van der Waals surface area contributed by atoms with Gasteiger partial charge in [0.05, 0.1) is 18.2 Å². The molecule has 13 heteroatoms. The van der Waals surface area contributed by atoms with Gasteiger partial charge < -0.3 is 35.1 Å². The van der Waals surface area contributed by atoms with Gasteiger partial charge in [-0.2, -0.15) is 0 Å². The largest absolute Gasteiger partial charge is 0.479 e. The number of benzene rings is 5. The van der Waals surface area contributed by atoms with Gasteiger partial charge in [0, 0.05) is 24.1 Å². The van der Waals surface area contributed by atoms with Crippen LogP contribution < -0.4 is 10.6 Å². The van der Waals surface area contributed by atoms with Crippen molar-refractivity contribution < 1.29 is 34.1 Å². The molecule has 1 unspecified atom stereocenters. The first kappa shape index (κ1) is 41.5. The number of rotatable bonds is 16. The van der Waals surface area contributed by atoms with Gasteiger partial charge >= 0.3 is 12.1 Å². The van der Waals surface area contributed by atoms with Crippen molar-refractivity contribution in [3.8, 4) is 0 Å². The lowest BCUT2D eigenvalue weighted by atomic mass is 9.76. The van der Waals surface area contributed by atoms with Crippen LogP contribution in [0, 0.1) is 0 Å². The van der Waals surface area contributed by atoms with Crippen molar-refractivity contribution in [1.82, 2.24) is 25.1 Å². The fraction of sp³-hybridized carbons (Fsp3) is 0.213. The smallest absolute Gasteiger partial charge is 0.408 e. The first-order chi connectivity index (χ1) is 29.3. The van der Waals surface area contributed by atoms with Crippen molar-refractivity contribution in [1.29, 1.82) is 0 Å². The van der Waals surface area contributed by atoms with E-state index in [2.05, 4.69) is 15.6 Å². The van der Waals surface area contributed by atoms with E-state index in [4.69, 9.17) is 4.74 Å². The summed E-state index contributed by atoms with van der Waals surface area (Å²) in [5.41, 5.74) is 3.90. The van der Waals surface area contributed by atoms with E-state index in [-0.39, 0.29) is 31.1 Å². The van der Waals surface area contributed by atoms with Crippen LogP contribution in [0.15, 0.2) is 164 Å². The van der Waals surface area contributed by atoms with E-state index in [1.54, 1.807) is 36.8 Å². The van der Waals surface area contributed by atoms with E-state index < -0.39 is 53.6 Å². The Morgan fingerprint density at radius 1 is 0.733 bits per heavy atom. The van der Waals surface area contributed by atoms with Crippen LogP contribution in [0.4, 0.5) is 4.79 Å². The molecule has 1 aromatic heterocycles. The second-order valence-electron chi connectivity index (χ2n) is 14.4. The Kier molecular flexibility index (Phi) is 13.4. The van der Waals surface area contributed by atoms with E-state index in [1.165, 1.54) is 16.7 Å². The number of carboxylic acids is 1. The number of aliphatic hydroxyl groups is 1. The lowest BCUT2D eigenvalue weighted by Crippen LogP contribution is -2.58. The molecule has 0 aliphatic carbocycles. The Bertz CT molecular complexity index is 2250. The molecule has 2 heterocycles. The third-order valence-corrected chi connectivity index (χ3v) is 11.6. The fourth-order valence-corrected chi connectivity index (χ4v) is 8.85. The minimum Gasteiger partial charge on any atom is -0.479 e. The monoisotopic (exact) mass is 823 g/mol. The average Bonchev–Trinajstić information content (AvgIpc) is 3.98. The third-order valence-electron chi connectivity index (χ3n) is 10.6. The number of carboxylic acid groups (broad SMARTS) is 1. The second kappa shape index (κ2) is 19.4. The van der Waals surface area contributed by atoms with E-state index in [9.17, 15) is 29.4 Å². The number of carbonyl (C=O) groups is 4. The molecule has 4 atom stereocenters. The van der Waals surface area contributed by atoms with Crippen molar-refractivity contribution in [3.63, 3.8) is 0 Å². The quantitative estimate of drug-likeness (QED) is 0.0907. The summed E-state index contributed by atoms with van der Waals surface area (Å²) in [7, 11) is 0. The van der Waals surface area contributed by atoms with Crippen molar-refractivity contribution in [3.05, 3.63) is 198 Å². The number of hydrogen-bond acceptors (Lipinski definition) is 8. The van der Waals surface area contributed by atoms with Crippen LogP contribution in [-0.2, 0) is 44.1 Å². The SMILES string of the molecule is O=C(N[C@@H](Cc1cncn1C(c1ccccc1)(c1ccccc1)c1ccccc1)C(=O)N1CSC[C@H]1C(=O)N[C@@H](Cc1ccccc1)C(O)C(=O)O)OCc1ccccc1. The minimum absolute atomic E-state index is 0.0377. The second-order valence-corrected chi connectivity index (χ2v) is 15.4. The summed E-state index contributed by atoms with van der Waals surface area (Å²) in [6.45, 7) is -0.0377. The van der Waals surface area contributed by atoms with Gasteiger partial charge in [0.25, 0.3) is 0 Å². The van der Waals surface area contributed by atoms with Crippen molar-refractivity contribution in [2.45, 2.75) is 49.2 Å². The molecule has 1 aliphatic rings. The van der Waals surface area contributed by atoms with Gasteiger partial charge in [0.15, 0.2) is 6.10 Å². The Labute approximate surface area is 352 Å². The summed E-state index contributed by atoms with van der Waals surface area (Å²) < 4.78 is 7.64. The van der Waals surface area contributed by atoms with Gasteiger partial charge in [-0.15, -0.1) is 11.8 Å². The number of aromatic nitrogens is 2. The van der Waals surface area contributed by atoms with Gasteiger partial charge in [0.2, 0.25) is 11.8 Å². The van der Waals surface area contributed by atoms with E-state index >= 15 is 0 Å². The number of hydrogen-bond donors (Lipinski definition) is 4. The molecular weight excluding hydrogens is 779 g/mol. The zero-order valence-electron chi connectivity index (χ0n) is 32.6. The highest BCUT2D eigenvalue weighted by atomic mass is 32.2. The summed E-state index contributed by atoms with van der Waals surface area (Å²) in [5, 5.41) is 25.9. The van der Waals surface area contributed by atoms with Crippen LogP contribution in [0.3, 0.4) is 0 Å². The molecule has 6 aromatic rings. The summed E-state index contributed by atoms with van der Waals surface area (Å²) in [6.07, 6.45) is 0.661. The van der Waals surface area contributed by atoms with Gasteiger partial charge in [-0.1, -0.05) is 152 Å². The number of carbonyl (C=O) groups excluding carboxylic acids is 3. The van der Waals surface area contributed by atoms with Gasteiger partial charge in [-0.3, -0.25) is 9.59 Å². The molecule has 0 spiro atoms.